The highest BCUT2D eigenvalue weighted by atomic mass is 16.7. The SMILES string of the molecule is O=C(c1ccccc1)C(O)(O)C(O)OCCOCCO. The zero-order valence-corrected chi connectivity index (χ0v) is 10.8. The number of aliphatic hydroxyl groups is 4. The molecule has 0 aliphatic rings. The van der Waals surface area contributed by atoms with Crippen LogP contribution >= 0.6 is 0 Å². The minimum absolute atomic E-state index is 0.0349. The highest BCUT2D eigenvalue weighted by Crippen LogP contribution is 2.16. The van der Waals surface area contributed by atoms with Gasteiger partial charge in [0, 0.05) is 5.56 Å². The first-order chi connectivity index (χ1) is 9.50. The van der Waals surface area contributed by atoms with Crippen LogP contribution in [0.1, 0.15) is 10.4 Å². The third kappa shape index (κ3) is 4.64. The van der Waals surface area contributed by atoms with E-state index >= 15 is 0 Å². The standard InChI is InChI=1S/C13H18O7/c14-6-7-19-8-9-20-12(16)13(17,18)11(15)10-4-2-1-3-5-10/h1-5,12,14,16-18H,6-9H2. The Labute approximate surface area is 116 Å². The Hall–Kier alpha value is -1.35. The molecule has 1 unspecified atom stereocenters. The average Bonchev–Trinajstić information content (AvgIpc) is 2.46. The summed E-state index contributed by atoms with van der Waals surface area (Å²) < 4.78 is 9.58. The van der Waals surface area contributed by atoms with Crippen LogP contribution in [0.15, 0.2) is 30.3 Å². The van der Waals surface area contributed by atoms with E-state index in [1.807, 2.05) is 0 Å². The third-order valence-electron chi connectivity index (χ3n) is 2.45. The fourth-order valence-corrected chi connectivity index (χ4v) is 1.42. The predicted octanol–water partition coefficient (Wildman–Crippen LogP) is -1.11. The Kier molecular flexibility index (Phi) is 6.73. The van der Waals surface area contributed by atoms with Crippen LogP contribution in [-0.4, -0.2) is 64.7 Å². The monoisotopic (exact) mass is 286 g/mol. The van der Waals surface area contributed by atoms with Gasteiger partial charge in [-0.25, -0.2) is 0 Å². The van der Waals surface area contributed by atoms with Crippen LogP contribution in [0.2, 0.25) is 0 Å². The van der Waals surface area contributed by atoms with Gasteiger partial charge in [-0.2, -0.15) is 0 Å². The van der Waals surface area contributed by atoms with E-state index in [9.17, 15) is 20.1 Å². The van der Waals surface area contributed by atoms with Crippen molar-refractivity contribution >= 4 is 5.78 Å². The maximum absolute atomic E-state index is 11.8. The van der Waals surface area contributed by atoms with E-state index in [-0.39, 0.29) is 32.0 Å². The molecule has 0 amide bonds. The van der Waals surface area contributed by atoms with Crippen molar-refractivity contribution in [3.05, 3.63) is 35.9 Å². The fraction of sp³-hybridized carbons (Fsp3) is 0.462. The second kappa shape index (κ2) is 8.05. The number of hydrogen-bond acceptors (Lipinski definition) is 7. The summed E-state index contributed by atoms with van der Waals surface area (Å²) in [5.74, 6) is -4.11. The van der Waals surface area contributed by atoms with Crippen molar-refractivity contribution < 1.29 is 34.7 Å². The van der Waals surface area contributed by atoms with Gasteiger partial charge in [-0.3, -0.25) is 4.79 Å². The van der Waals surface area contributed by atoms with Gasteiger partial charge in [-0.1, -0.05) is 30.3 Å². The van der Waals surface area contributed by atoms with Crippen LogP contribution in [0.3, 0.4) is 0 Å². The van der Waals surface area contributed by atoms with Gasteiger partial charge >= 0.3 is 0 Å². The summed E-state index contributed by atoms with van der Waals surface area (Å²) >= 11 is 0. The number of hydrogen-bond donors (Lipinski definition) is 4. The normalized spacial score (nSPS) is 13.2. The van der Waals surface area contributed by atoms with Crippen molar-refractivity contribution in [1.82, 2.24) is 0 Å². The topological polar surface area (TPSA) is 116 Å². The number of rotatable bonds is 9. The molecule has 0 saturated heterocycles. The summed E-state index contributed by atoms with van der Waals surface area (Å²) in [6.07, 6.45) is -2.10. The van der Waals surface area contributed by atoms with Crippen LogP contribution in [0, 0.1) is 0 Å². The molecule has 0 aliphatic carbocycles. The van der Waals surface area contributed by atoms with Crippen LogP contribution in [-0.2, 0) is 9.47 Å². The van der Waals surface area contributed by atoms with Crippen LogP contribution in [0.5, 0.6) is 0 Å². The summed E-state index contributed by atoms with van der Waals surface area (Å²) in [5, 5.41) is 37.3. The maximum Gasteiger partial charge on any atom is 0.281 e. The number of aliphatic hydroxyl groups excluding tert-OH is 2. The highest BCUT2D eigenvalue weighted by molar-refractivity contribution is 6.01. The Bertz CT molecular complexity index is 404. The van der Waals surface area contributed by atoms with E-state index in [1.165, 1.54) is 12.1 Å². The van der Waals surface area contributed by atoms with Crippen LogP contribution < -0.4 is 0 Å². The first-order valence-electron chi connectivity index (χ1n) is 6.03. The molecule has 7 heteroatoms. The maximum atomic E-state index is 11.8. The molecule has 1 aromatic rings. The number of benzene rings is 1. The quantitative estimate of drug-likeness (QED) is 0.258. The first-order valence-corrected chi connectivity index (χ1v) is 6.03. The summed E-state index contributed by atoms with van der Waals surface area (Å²) in [5.41, 5.74) is 0.0386. The highest BCUT2D eigenvalue weighted by Gasteiger charge is 2.42. The number of ether oxygens (including phenoxy) is 2. The Morgan fingerprint density at radius 2 is 1.80 bits per heavy atom. The minimum atomic E-state index is -3.04. The molecular weight excluding hydrogens is 268 g/mol. The van der Waals surface area contributed by atoms with Crippen molar-refractivity contribution in [2.75, 3.05) is 26.4 Å². The van der Waals surface area contributed by atoms with Crippen molar-refractivity contribution in [3.8, 4) is 0 Å². The Morgan fingerprint density at radius 1 is 1.15 bits per heavy atom. The molecule has 0 aromatic heterocycles. The van der Waals surface area contributed by atoms with Crippen LogP contribution in [0.25, 0.3) is 0 Å². The van der Waals surface area contributed by atoms with Crippen molar-refractivity contribution in [1.29, 1.82) is 0 Å². The second-order valence-electron chi connectivity index (χ2n) is 3.98. The number of carbonyl (C=O) groups is 1. The average molecular weight is 286 g/mol. The molecule has 0 radical (unpaired) electrons. The lowest BCUT2D eigenvalue weighted by Crippen LogP contribution is -2.51. The van der Waals surface area contributed by atoms with Gasteiger partial charge in [0.1, 0.15) is 0 Å². The summed E-state index contributed by atoms with van der Waals surface area (Å²) in [6, 6.07) is 7.55. The van der Waals surface area contributed by atoms with E-state index in [0.717, 1.165) is 0 Å². The fourth-order valence-electron chi connectivity index (χ4n) is 1.42. The summed E-state index contributed by atoms with van der Waals surface area (Å²) in [6.45, 7) is -0.176. The third-order valence-corrected chi connectivity index (χ3v) is 2.45. The van der Waals surface area contributed by atoms with Gasteiger partial charge in [-0.05, 0) is 0 Å². The van der Waals surface area contributed by atoms with E-state index in [2.05, 4.69) is 0 Å². The molecule has 1 aromatic carbocycles. The van der Waals surface area contributed by atoms with Gasteiger partial charge < -0.3 is 29.9 Å². The molecule has 0 heterocycles. The zero-order valence-electron chi connectivity index (χ0n) is 10.8. The number of ketones is 1. The van der Waals surface area contributed by atoms with Gasteiger partial charge in [-0.15, -0.1) is 0 Å². The lowest BCUT2D eigenvalue weighted by atomic mass is 10.0. The molecule has 7 nitrogen and oxygen atoms in total. The first kappa shape index (κ1) is 16.7. The number of Topliss-reactive ketones (excluding diaryl/α,β-unsaturated/α-hetero) is 1. The largest absolute Gasteiger partial charge is 0.394 e. The predicted molar refractivity (Wildman–Crippen MR) is 67.8 cm³/mol. The lowest BCUT2D eigenvalue weighted by Gasteiger charge is -2.25. The van der Waals surface area contributed by atoms with Crippen LogP contribution in [0.4, 0.5) is 0 Å². The molecule has 20 heavy (non-hydrogen) atoms. The smallest absolute Gasteiger partial charge is 0.281 e. The molecule has 4 N–H and O–H groups in total. The molecule has 112 valence electrons. The Morgan fingerprint density at radius 3 is 2.40 bits per heavy atom. The molecule has 1 atom stereocenters. The molecular formula is C13H18O7. The number of carbonyl (C=O) groups excluding carboxylic acids is 1. The Balaban J connectivity index is 2.52. The van der Waals surface area contributed by atoms with Crippen molar-refractivity contribution in [2.45, 2.75) is 12.1 Å². The van der Waals surface area contributed by atoms with E-state index < -0.39 is 17.9 Å². The summed E-state index contributed by atoms with van der Waals surface area (Å²) in [7, 11) is 0. The molecule has 0 spiro atoms. The van der Waals surface area contributed by atoms with Gasteiger partial charge in [0.2, 0.25) is 12.1 Å². The van der Waals surface area contributed by atoms with Crippen molar-refractivity contribution in [2.24, 2.45) is 0 Å². The molecule has 0 aliphatic heterocycles. The second-order valence-corrected chi connectivity index (χ2v) is 3.98. The van der Waals surface area contributed by atoms with E-state index in [1.54, 1.807) is 18.2 Å². The molecule has 1 rings (SSSR count). The molecule has 0 fully saturated rings. The summed E-state index contributed by atoms with van der Waals surface area (Å²) in [4.78, 5) is 11.8. The van der Waals surface area contributed by atoms with Crippen molar-refractivity contribution in [3.63, 3.8) is 0 Å². The zero-order chi connectivity index (χ0) is 15.0. The van der Waals surface area contributed by atoms with Gasteiger partial charge in [0.25, 0.3) is 5.79 Å². The van der Waals surface area contributed by atoms with E-state index in [0.29, 0.717) is 0 Å². The van der Waals surface area contributed by atoms with Gasteiger partial charge in [0.15, 0.2) is 0 Å². The van der Waals surface area contributed by atoms with Gasteiger partial charge in [0.05, 0.1) is 26.4 Å². The molecule has 0 bridgehead atoms. The minimum Gasteiger partial charge on any atom is -0.394 e. The lowest BCUT2D eigenvalue weighted by molar-refractivity contribution is -0.276. The van der Waals surface area contributed by atoms with E-state index in [4.69, 9.17) is 14.6 Å². The molecule has 0 saturated carbocycles.